The lowest BCUT2D eigenvalue weighted by atomic mass is 10.2. The van der Waals surface area contributed by atoms with Crippen molar-refractivity contribution in [1.29, 1.82) is 0 Å². The summed E-state index contributed by atoms with van der Waals surface area (Å²) < 4.78 is 28.8. The SMILES string of the molecule is CNC(=O)c1cc(Br)ccc1OC(F)F. The molecule has 15 heavy (non-hydrogen) atoms. The lowest BCUT2D eigenvalue weighted by Gasteiger charge is -2.09. The van der Waals surface area contributed by atoms with E-state index in [4.69, 9.17) is 0 Å². The van der Waals surface area contributed by atoms with E-state index in [0.717, 1.165) is 0 Å². The smallest absolute Gasteiger partial charge is 0.387 e. The predicted molar refractivity (Wildman–Crippen MR) is 54.2 cm³/mol. The second-order valence-electron chi connectivity index (χ2n) is 2.60. The van der Waals surface area contributed by atoms with Crippen LogP contribution in [0.1, 0.15) is 10.4 Å². The summed E-state index contributed by atoms with van der Waals surface area (Å²) in [6, 6.07) is 4.24. The molecule has 1 N–H and O–H groups in total. The van der Waals surface area contributed by atoms with Crippen molar-refractivity contribution in [3.63, 3.8) is 0 Å². The van der Waals surface area contributed by atoms with Crippen molar-refractivity contribution in [2.45, 2.75) is 6.61 Å². The molecule has 0 radical (unpaired) electrons. The van der Waals surface area contributed by atoms with Crippen molar-refractivity contribution in [3.8, 4) is 5.75 Å². The molecule has 82 valence electrons. The number of nitrogens with one attached hydrogen (secondary N) is 1. The Balaban J connectivity index is 3.08. The normalized spacial score (nSPS) is 10.2. The summed E-state index contributed by atoms with van der Waals surface area (Å²) in [5.41, 5.74) is 0.0622. The van der Waals surface area contributed by atoms with Gasteiger partial charge in [-0.3, -0.25) is 4.79 Å². The second kappa shape index (κ2) is 5.06. The van der Waals surface area contributed by atoms with Crippen LogP contribution >= 0.6 is 15.9 Å². The van der Waals surface area contributed by atoms with E-state index in [-0.39, 0.29) is 11.3 Å². The van der Waals surface area contributed by atoms with E-state index in [2.05, 4.69) is 26.0 Å². The first kappa shape index (κ1) is 11.9. The maximum absolute atomic E-state index is 12.0. The molecule has 0 aliphatic rings. The third-order valence-electron chi connectivity index (χ3n) is 1.63. The molecule has 0 fully saturated rings. The van der Waals surface area contributed by atoms with E-state index >= 15 is 0 Å². The highest BCUT2D eigenvalue weighted by atomic mass is 79.9. The summed E-state index contributed by atoms with van der Waals surface area (Å²) in [5, 5.41) is 2.34. The molecule has 0 saturated carbocycles. The van der Waals surface area contributed by atoms with Crippen LogP contribution in [0.25, 0.3) is 0 Å². The minimum absolute atomic E-state index is 0.0622. The fourth-order valence-corrected chi connectivity index (χ4v) is 1.37. The highest BCUT2D eigenvalue weighted by Crippen LogP contribution is 2.24. The molecule has 0 atom stereocenters. The zero-order chi connectivity index (χ0) is 11.4. The summed E-state index contributed by atoms with van der Waals surface area (Å²) >= 11 is 3.14. The van der Waals surface area contributed by atoms with Crippen molar-refractivity contribution in [3.05, 3.63) is 28.2 Å². The third-order valence-corrected chi connectivity index (χ3v) is 2.12. The van der Waals surface area contributed by atoms with Gasteiger partial charge in [0.05, 0.1) is 5.56 Å². The summed E-state index contributed by atoms with van der Waals surface area (Å²) in [4.78, 5) is 11.3. The molecular formula is C9H8BrF2NO2. The number of carbonyl (C=O) groups excluding carboxylic acids is 1. The second-order valence-corrected chi connectivity index (χ2v) is 3.51. The van der Waals surface area contributed by atoms with Gasteiger partial charge in [-0.25, -0.2) is 0 Å². The van der Waals surface area contributed by atoms with Crippen LogP contribution in [0.2, 0.25) is 0 Å². The van der Waals surface area contributed by atoms with Crippen molar-refractivity contribution in [2.75, 3.05) is 7.05 Å². The summed E-state index contributed by atoms with van der Waals surface area (Å²) in [5.74, 6) is -0.625. The summed E-state index contributed by atoms with van der Waals surface area (Å²) in [6.45, 7) is -2.95. The van der Waals surface area contributed by atoms with Crippen LogP contribution in [-0.4, -0.2) is 19.6 Å². The largest absolute Gasteiger partial charge is 0.434 e. The van der Waals surface area contributed by atoms with Crippen LogP contribution in [0, 0.1) is 0 Å². The third kappa shape index (κ3) is 3.16. The van der Waals surface area contributed by atoms with Crippen molar-refractivity contribution < 1.29 is 18.3 Å². The first-order chi connectivity index (χ1) is 7.04. The minimum atomic E-state index is -2.95. The van der Waals surface area contributed by atoms with Crippen LogP contribution in [0.3, 0.4) is 0 Å². The van der Waals surface area contributed by atoms with E-state index in [1.807, 2.05) is 0 Å². The van der Waals surface area contributed by atoms with Gasteiger partial charge in [0.1, 0.15) is 5.75 Å². The Morgan fingerprint density at radius 2 is 2.20 bits per heavy atom. The molecule has 0 aliphatic carbocycles. The number of carbonyl (C=O) groups is 1. The van der Waals surface area contributed by atoms with Crippen LogP contribution in [0.5, 0.6) is 5.75 Å². The molecular weight excluding hydrogens is 272 g/mol. The number of hydrogen-bond acceptors (Lipinski definition) is 2. The monoisotopic (exact) mass is 279 g/mol. The van der Waals surface area contributed by atoms with Crippen LogP contribution < -0.4 is 10.1 Å². The quantitative estimate of drug-likeness (QED) is 0.923. The van der Waals surface area contributed by atoms with Gasteiger partial charge in [-0.15, -0.1) is 0 Å². The molecule has 3 nitrogen and oxygen atoms in total. The maximum atomic E-state index is 12.0. The van der Waals surface area contributed by atoms with Gasteiger partial charge in [-0.2, -0.15) is 8.78 Å². The Kier molecular flexibility index (Phi) is 4.02. The Morgan fingerprint density at radius 1 is 1.53 bits per heavy atom. The molecule has 0 aromatic heterocycles. The first-order valence-corrected chi connectivity index (χ1v) is 4.80. The molecule has 0 heterocycles. The van der Waals surface area contributed by atoms with E-state index in [1.165, 1.54) is 25.2 Å². The Morgan fingerprint density at radius 3 is 2.73 bits per heavy atom. The zero-order valence-corrected chi connectivity index (χ0v) is 9.35. The lowest BCUT2D eigenvalue weighted by molar-refractivity contribution is -0.0501. The van der Waals surface area contributed by atoms with Gasteiger partial charge in [0.2, 0.25) is 0 Å². The highest BCUT2D eigenvalue weighted by Gasteiger charge is 2.14. The van der Waals surface area contributed by atoms with Crippen LogP contribution in [0.4, 0.5) is 8.78 Å². The Labute approximate surface area is 93.5 Å². The van der Waals surface area contributed by atoms with E-state index in [1.54, 1.807) is 0 Å². The summed E-state index contributed by atoms with van der Waals surface area (Å²) in [7, 11) is 1.41. The predicted octanol–water partition coefficient (Wildman–Crippen LogP) is 2.41. The molecule has 1 aromatic rings. The van der Waals surface area contributed by atoms with Gasteiger partial charge in [-0.1, -0.05) is 15.9 Å². The average Bonchev–Trinajstić information content (AvgIpc) is 2.19. The molecule has 0 spiro atoms. The Hall–Kier alpha value is -1.17. The molecule has 0 bridgehead atoms. The lowest BCUT2D eigenvalue weighted by Crippen LogP contribution is -2.19. The molecule has 6 heteroatoms. The van der Waals surface area contributed by atoms with Crippen molar-refractivity contribution >= 4 is 21.8 Å². The van der Waals surface area contributed by atoms with Gasteiger partial charge in [0.25, 0.3) is 5.91 Å². The number of alkyl halides is 2. The fraction of sp³-hybridized carbons (Fsp3) is 0.222. The first-order valence-electron chi connectivity index (χ1n) is 4.01. The van der Waals surface area contributed by atoms with E-state index in [9.17, 15) is 13.6 Å². The molecule has 0 unspecified atom stereocenters. The van der Waals surface area contributed by atoms with Crippen LogP contribution in [0.15, 0.2) is 22.7 Å². The number of hydrogen-bond donors (Lipinski definition) is 1. The average molecular weight is 280 g/mol. The fourth-order valence-electron chi connectivity index (χ4n) is 1.01. The van der Waals surface area contributed by atoms with Gasteiger partial charge in [0, 0.05) is 11.5 Å². The van der Waals surface area contributed by atoms with Gasteiger partial charge < -0.3 is 10.1 Å². The number of rotatable bonds is 3. The number of benzene rings is 1. The number of halogens is 3. The van der Waals surface area contributed by atoms with Gasteiger partial charge >= 0.3 is 6.61 Å². The molecule has 0 aliphatic heterocycles. The molecule has 1 amide bonds. The van der Waals surface area contributed by atoms with Gasteiger partial charge in [-0.05, 0) is 18.2 Å². The van der Waals surface area contributed by atoms with Crippen molar-refractivity contribution in [2.24, 2.45) is 0 Å². The number of amides is 1. The standard InChI is InChI=1S/C9H8BrF2NO2/c1-13-8(14)6-4-5(10)2-3-7(6)15-9(11)12/h2-4,9H,1H3,(H,13,14). The molecule has 1 aromatic carbocycles. The van der Waals surface area contributed by atoms with E-state index < -0.39 is 12.5 Å². The summed E-state index contributed by atoms with van der Waals surface area (Å²) in [6.07, 6.45) is 0. The highest BCUT2D eigenvalue weighted by molar-refractivity contribution is 9.10. The topological polar surface area (TPSA) is 38.3 Å². The Bertz CT molecular complexity index is 371. The van der Waals surface area contributed by atoms with Crippen molar-refractivity contribution in [1.82, 2.24) is 5.32 Å². The van der Waals surface area contributed by atoms with E-state index in [0.29, 0.717) is 4.47 Å². The maximum Gasteiger partial charge on any atom is 0.387 e. The van der Waals surface area contributed by atoms with Gasteiger partial charge in [0.15, 0.2) is 0 Å². The minimum Gasteiger partial charge on any atom is -0.434 e. The molecule has 0 saturated heterocycles. The number of ether oxygens (including phenoxy) is 1. The molecule has 1 rings (SSSR count). The zero-order valence-electron chi connectivity index (χ0n) is 7.76. The van der Waals surface area contributed by atoms with Crippen LogP contribution in [-0.2, 0) is 0 Å².